The molecule has 0 saturated carbocycles. The summed E-state index contributed by atoms with van der Waals surface area (Å²) in [7, 11) is 0. The van der Waals surface area contributed by atoms with Gasteiger partial charge in [0.25, 0.3) is 0 Å². The SMILES string of the molecule is CC(C)CC(N)C(CO)N1Cc2ccccc2C1. The Hall–Kier alpha value is -0.900. The van der Waals surface area contributed by atoms with Gasteiger partial charge in [-0.3, -0.25) is 4.90 Å². The van der Waals surface area contributed by atoms with Crippen molar-refractivity contribution in [3.63, 3.8) is 0 Å². The normalized spacial score (nSPS) is 18.9. The summed E-state index contributed by atoms with van der Waals surface area (Å²) in [6.45, 7) is 6.31. The van der Waals surface area contributed by atoms with Gasteiger partial charge < -0.3 is 10.8 Å². The van der Waals surface area contributed by atoms with Gasteiger partial charge in [0, 0.05) is 25.2 Å². The van der Waals surface area contributed by atoms with Crippen LogP contribution in [0.2, 0.25) is 0 Å². The summed E-state index contributed by atoms with van der Waals surface area (Å²) in [5.41, 5.74) is 8.98. The highest BCUT2D eigenvalue weighted by Crippen LogP contribution is 2.25. The van der Waals surface area contributed by atoms with Crippen molar-refractivity contribution in [3.8, 4) is 0 Å². The monoisotopic (exact) mass is 248 g/mol. The standard InChI is InChI=1S/C15H24N2O/c1-11(2)7-14(16)15(10-18)17-8-12-5-3-4-6-13(12)9-17/h3-6,11,14-15,18H,7-10,16H2,1-2H3. The maximum absolute atomic E-state index is 9.63. The van der Waals surface area contributed by atoms with E-state index in [1.807, 2.05) is 0 Å². The molecule has 3 nitrogen and oxygen atoms in total. The van der Waals surface area contributed by atoms with Crippen LogP contribution in [-0.2, 0) is 13.1 Å². The summed E-state index contributed by atoms with van der Waals surface area (Å²) < 4.78 is 0. The fourth-order valence-electron chi connectivity index (χ4n) is 2.82. The van der Waals surface area contributed by atoms with Crippen molar-refractivity contribution >= 4 is 0 Å². The number of aliphatic hydroxyl groups excluding tert-OH is 1. The highest BCUT2D eigenvalue weighted by atomic mass is 16.3. The van der Waals surface area contributed by atoms with Crippen molar-refractivity contribution in [3.05, 3.63) is 35.4 Å². The van der Waals surface area contributed by atoms with Crippen LogP contribution in [-0.4, -0.2) is 28.7 Å². The van der Waals surface area contributed by atoms with Crippen molar-refractivity contribution in [2.45, 2.75) is 45.4 Å². The number of nitrogens with two attached hydrogens (primary N) is 1. The fraction of sp³-hybridized carbons (Fsp3) is 0.600. The molecule has 0 aliphatic carbocycles. The minimum atomic E-state index is 0.0457. The minimum Gasteiger partial charge on any atom is -0.395 e. The average Bonchev–Trinajstić information content (AvgIpc) is 2.71. The van der Waals surface area contributed by atoms with Gasteiger partial charge in [-0.1, -0.05) is 38.1 Å². The van der Waals surface area contributed by atoms with E-state index in [-0.39, 0.29) is 18.7 Å². The van der Waals surface area contributed by atoms with Crippen LogP contribution in [0.4, 0.5) is 0 Å². The number of benzene rings is 1. The zero-order valence-corrected chi connectivity index (χ0v) is 11.3. The van der Waals surface area contributed by atoms with Crippen LogP contribution in [0.25, 0.3) is 0 Å². The zero-order valence-electron chi connectivity index (χ0n) is 11.3. The maximum atomic E-state index is 9.63. The summed E-state index contributed by atoms with van der Waals surface area (Å²) in [5.74, 6) is 0.569. The van der Waals surface area contributed by atoms with Crippen LogP contribution in [0.1, 0.15) is 31.4 Å². The topological polar surface area (TPSA) is 49.5 Å². The van der Waals surface area contributed by atoms with E-state index in [0.717, 1.165) is 19.5 Å². The number of fused-ring (bicyclic) bond motifs is 1. The van der Waals surface area contributed by atoms with Crippen LogP contribution in [0.15, 0.2) is 24.3 Å². The van der Waals surface area contributed by atoms with Gasteiger partial charge in [-0.15, -0.1) is 0 Å². The van der Waals surface area contributed by atoms with Gasteiger partial charge in [-0.2, -0.15) is 0 Å². The van der Waals surface area contributed by atoms with Gasteiger partial charge in [-0.25, -0.2) is 0 Å². The van der Waals surface area contributed by atoms with Crippen molar-refractivity contribution in [1.29, 1.82) is 0 Å². The van der Waals surface area contributed by atoms with Crippen molar-refractivity contribution in [2.75, 3.05) is 6.61 Å². The van der Waals surface area contributed by atoms with Crippen LogP contribution < -0.4 is 5.73 Å². The average molecular weight is 248 g/mol. The molecule has 3 N–H and O–H groups in total. The lowest BCUT2D eigenvalue weighted by Gasteiger charge is -2.31. The van der Waals surface area contributed by atoms with E-state index >= 15 is 0 Å². The van der Waals surface area contributed by atoms with Crippen LogP contribution >= 0.6 is 0 Å². The Labute approximate surface area is 110 Å². The van der Waals surface area contributed by atoms with Gasteiger partial charge >= 0.3 is 0 Å². The summed E-state index contributed by atoms with van der Waals surface area (Å²) in [6, 6.07) is 8.59. The molecule has 0 radical (unpaired) electrons. The largest absolute Gasteiger partial charge is 0.395 e. The van der Waals surface area contributed by atoms with Gasteiger partial charge in [0.05, 0.1) is 6.61 Å². The molecule has 2 unspecified atom stereocenters. The Balaban J connectivity index is 2.03. The molecule has 1 aliphatic rings. The maximum Gasteiger partial charge on any atom is 0.0602 e. The van der Waals surface area contributed by atoms with Gasteiger partial charge in [0.15, 0.2) is 0 Å². The predicted molar refractivity (Wildman–Crippen MR) is 74.0 cm³/mol. The first-order valence-corrected chi connectivity index (χ1v) is 6.79. The molecule has 3 heteroatoms. The lowest BCUT2D eigenvalue weighted by molar-refractivity contribution is 0.0963. The Morgan fingerprint density at radius 3 is 2.22 bits per heavy atom. The van der Waals surface area contributed by atoms with Crippen LogP contribution in [0.5, 0.6) is 0 Å². The van der Waals surface area contributed by atoms with Crippen molar-refractivity contribution < 1.29 is 5.11 Å². The zero-order chi connectivity index (χ0) is 13.1. The number of nitrogens with zero attached hydrogens (tertiary/aromatic N) is 1. The quantitative estimate of drug-likeness (QED) is 0.834. The van der Waals surface area contributed by atoms with E-state index in [9.17, 15) is 5.11 Å². The molecule has 1 aliphatic heterocycles. The summed E-state index contributed by atoms with van der Waals surface area (Å²) >= 11 is 0. The second-order valence-electron chi connectivity index (χ2n) is 5.72. The van der Waals surface area contributed by atoms with Gasteiger partial charge in [0.1, 0.15) is 0 Å². The van der Waals surface area contributed by atoms with Gasteiger partial charge in [-0.05, 0) is 23.5 Å². The number of hydrogen-bond donors (Lipinski definition) is 2. The first kappa shape index (κ1) is 13.5. The molecule has 1 heterocycles. The fourth-order valence-corrected chi connectivity index (χ4v) is 2.82. The predicted octanol–water partition coefficient (Wildman–Crippen LogP) is 1.74. The number of hydrogen-bond acceptors (Lipinski definition) is 3. The Kier molecular flexibility index (Phi) is 4.38. The molecule has 2 rings (SSSR count). The molecule has 100 valence electrons. The molecule has 0 fully saturated rings. The highest BCUT2D eigenvalue weighted by molar-refractivity contribution is 5.30. The van der Waals surface area contributed by atoms with E-state index in [0.29, 0.717) is 5.92 Å². The Morgan fingerprint density at radius 2 is 1.78 bits per heavy atom. The van der Waals surface area contributed by atoms with E-state index in [4.69, 9.17) is 5.73 Å². The molecule has 0 aromatic heterocycles. The van der Waals surface area contributed by atoms with E-state index < -0.39 is 0 Å². The lowest BCUT2D eigenvalue weighted by Crippen LogP contribution is -2.48. The lowest BCUT2D eigenvalue weighted by atomic mass is 9.97. The molecular weight excluding hydrogens is 224 g/mol. The number of aliphatic hydroxyl groups is 1. The number of rotatable bonds is 5. The first-order valence-electron chi connectivity index (χ1n) is 6.79. The summed E-state index contributed by atoms with van der Waals surface area (Å²) in [4.78, 5) is 2.30. The summed E-state index contributed by atoms with van der Waals surface area (Å²) in [5, 5.41) is 9.63. The van der Waals surface area contributed by atoms with Crippen molar-refractivity contribution in [2.24, 2.45) is 11.7 Å². The molecule has 0 amide bonds. The molecule has 0 bridgehead atoms. The smallest absolute Gasteiger partial charge is 0.0602 e. The molecular formula is C15H24N2O. The highest BCUT2D eigenvalue weighted by Gasteiger charge is 2.29. The first-order chi connectivity index (χ1) is 8.61. The molecule has 2 atom stereocenters. The second-order valence-corrected chi connectivity index (χ2v) is 5.72. The second kappa shape index (κ2) is 5.83. The molecule has 18 heavy (non-hydrogen) atoms. The van der Waals surface area contributed by atoms with Crippen LogP contribution in [0.3, 0.4) is 0 Å². The third-order valence-corrected chi connectivity index (χ3v) is 3.76. The van der Waals surface area contributed by atoms with Gasteiger partial charge in [0.2, 0.25) is 0 Å². The summed E-state index contributed by atoms with van der Waals surface area (Å²) in [6.07, 6.45) is 0.956. The van der Waals surface area contributed by atoms with E-state index in [2.05, 4.69) is 43.0 Å². The van der Waals surface area contributed by atoms with Crippen molar-refractivity contribution in [1.82, 2.24) is 4.90 Å². The molecule has 1 aromatic rings. The van der Waals surface area contributed by atoms with E-state index in [1.165, 1.54) is 11.1 Å². The minimum absolute atomic E-state index is 0.0457. The Morgan fingerprint density at radius 1 is 1.22 bits per heavy atom. The molecule has 0 saturated heterocycles. The van der Waals surface area contributed by atoms with Crippen LogP contribution in [0, 0.1) is 5.92 Å². The third-order valence-electron chi connectivity index (χ3n) is 3.76. The molecule has 1 aromatic carbocycles. The van der Waals surface area contributed by atoms with E-state index in [1.54, 1.807) is 0 Å². The third kappa shape index (κ3) is 2.91. The molecule has 0 spiro atoms. The Bertz CT molecular complexity index is 367.